The Balaban J connectivity index is 2.07. The Hall–Kier alpha value is -3.35. The first-order chi connectivity index (χ1) is 12.0. The molecule has 0 heterocycles. The van der Waals surface area contributed by atoms with Gasteiger partial charge in [-0.3, -0.25) is 4.79 Å². The van der Waals surface area contributed by atoms with Gasteiger partial charge in [0.05, 0.1) is 18.4 Å². The number of primary amides is 1. The van der Waals surface area contributed by atoms with Crippen LogP contribution in [-0.4, -0.2) is 31.1 Å². The van der Waals surface area contributed by atoms with Gasteiger partial charge in [0.2, 0.25) is 5.91 Å². The lowest BCUT2D eigenvalue weighted by atomic mass is 10.1. The van der Waals surface area contributed by atoms with Gasteiger partial charge in [-0.15, -0.1) is 0 Å². The number of ether oxygens (including phenoxy) is 1. The van der Waals surface area contributed by atoms with Gasteiger partial charge in [-0.25, -0.2) is 9.59 Å². The van der Waals surface area contributed by atoms with Gasteiger partial charge in [-0.05, 0) is 17.7 Å². The first-order valence-electron chi connectivity index (χ1n) is 7.59. The molecule has 0 aliphatic rings. The third kappa shape index (κ3) is 5.07. The number of esters is 1. The summed E-state index contributed by atoms with van der Waals surface area (Å²) in [5, 5.41) is 5.06. The molecule has 0 aliphatic heterocycles. The van der Waals surface area contributed by atoms with E-state index < -0.39 is 23.9 Å². The summed E-state index contributed by atoms with van der Waals surface area (Å²) in [5.41, 5.74) is 6.71. The van der Waals surface area contributed by atoms with Crippen molar-refractivity contribution in [2.75, 3.05) is 12.4 Å². The van der Waals surface area contributed by atoms with Crippen LogP contribution in [0.2, 0.25) is 0 Å². The molecule has 4 N–H and O–H groups in total. The van der Waals surface area contributed by atoms with E-state index in [2.05, 4.69) is 15.4 Å². The quantitative estimate of drug-likeness (QED) is 0.694. The predicted octanol–water partition coefficient (Wildman–Crippen LogP) is 1.69. The first kappa shape index (κ1) is 18.0. The Kier molecular flexibility index (Phi) is 6.11. The Morgan fingerprint density at radius 1 is 1.04 bits per heavy atom. The maximum Gasteiger partial charge on any atom is 0.339 e. The number of nitrogens with two attached hydrogens (primary N) is 1. The van der Waals surface area contributed by atoms with Crippen molar-refractivity contribution in [3.8, 4) is 0 Å². The molecule has 0 saturated heterocycles. The van der Waals surface area contributed by atoms with Gasteiger partial charge in [0, 0.05) is 6.42 Å². The third-order valence-electron chi connectivity index (χ3n) is 3.51. The zero-order chi connectivity index (χ0) is 18.2. The van der Waals surface area contributed by atoms with E-state index in [1.54, 1.807) is 18.2 Å². The Morgan fingerprint density at radius 3 is 2.32 bits per heavy atom. The highest BCUT2D eigenvalue weighted by atomic mass is 16.5. The Bertz CT molecular complexity index is 762. The molecular formula is C18H19N3O4. The van der Waals surface area contributed by atoms with Crippen molar-refractivity contribution in [1.82, 2.24) is 5.32 Å². The number of hydrogen-bond acceptors (Lipinski definition) is 4. The fourth-order valence-electron chi connectivity index (χ4n) is 2.27. The van der Waals surface area contributed by atoms with E-state index in [-0.39, 0.29) is 17.7 Å². The van der Waals surface area contributed by atoms with Crippen LogP contribution in [0.3, 0.4) is 0 Å². The average Bonchev–Trinajstić information content (AvgIpc) is 2.61. The maximum atomic E-state index is 12.2. The number of amides is 3. The maximum absolute atomic E-state index is 12.2. The molecule has 130 valence electrons. The zero-order valence-electron chi connectivity index (χ0n) is 13.7. The molecule has 3 amide bonds. The molecule has 25 heavy (non-hydrogen) atoms. The normalized spacial score (nSPS) is 11.2. The highest BCUT2D eigenvalue weighted by molar-refractivity contribution is 6.01. The molecular weight excluding hydrogens is 322 g/mol. The highest BCUT2D eigenvalue weighted by Crippen LogP contribution is 2.16. The number of carbonyl (C=O) groups excluding carboxylic acids is 3. The van der Waals surface area contributed by atoms with Crippen LogP contribution in [-0.2, 0) is 16.0 Å². The monoisotopic (exact) mass is 341 g/mol. The molecule has 0 fully saturated rings. The van der Waals surface area contributed by atoms with Crippen molar-refractivity contribution in [1.29, 1.82) is 0 Å². The van der Waals surface area contributed by atoms with E-state index in [9.17, 15) is 14.4 Å². The second-order valence-electron chi connectivity index (χ2n) is 5.28. The molecule has 7 nitrogen and oxygen atoms in total. The second kappa shape index (κ2) is 8.49. The standard InChI is InChI=1S/C18H19N3O4/c1-25-17(23)13-9-5-6-10-14(13)20-18(24)21-15(16(19)22)11-12-7-3-2-4-8-12/h2-10,15H,11H2,1H3,(H2,19,22)(H2,20,21,24). The summed E-state index contributed by atoms with van der Waals surface area (Å²) in [5.74, 6) is -1.23. The summed E-state index contributed by atoms with van der Waals surface area (Å²) in [6, 6.07) is 14.1. The number of methoxy groups -OCH3 is 1. The van der Waals surface area contributed by atoms with Gasteiger partial charge in [-0.1, -0.05) is 42.5 Å². The van der Waals surface area contributed by atoms with Crippen molar-refractivity contribution in [2.45, 2.75) is 12.5 Å². The minimum atomic E-state index is -0.882. The smallest absolute Gasteiger partial charge is 0.339 e. The molecule has 7 heteroatoms. The van der Waals surface area contributed by atoms with Crippen molar-refractivity contribution < 1.29 is 19.1 Å². The number of hydrogen-bond donors (Lipinski definition) is 3. The van der Waals surface area contributed by atoms with Crippen LogP contribution >= 0.6 is 0 Å². The van der Waals surface area contributed by atoms with Crippen molar-refractivity contribution in [2.24, 2.45) is 5.73 Å². The molecule has 2 rings (SSSR count). The van der Waals surface area contributed by atoms with Gasteiger partial charge in [-0.2, -0.15) is 0 Å². The molecule has 2 aromatic carbocycles. The Morgan fingerprint density at radius 2 is 1.68 bits per heavy atom. The number of rotatable bonds is 6. The fraction of sp³-hybridized carbons (Fsp3) is 0.167. The van der Waals surface area contributed by atoms with Gasteiger partial charge in [0.25, 0.3) is 0 Å². The Labute approximate surface area is 145 Å². The number of urea groups is 1. The van der Waals surface area contributed by atoms with Crippen LogP contribution in [0.4, 0.5) is 10.5 Å². The molecule has 0 aliphatic carbocycles. The number of para-hydroxylation sites is 1. The van der Waals surface area contributed by atoms with Crippen molar-refractivity contribution in [3.63, 3.8) is 0 Å². The zero-order valence-corrected chi connectivity index (χ0v) is 13.7. The van der Waals surface area contributed by atoms with Crippen molar-refractivity contribution in [3.05, 3.63) is 65.7 Å². The lowest BCUT2D eigenvalue weighted by Crippen LogP contribution is -2.47. The van der Waals surface area contributed by atoms with E-state index in [1.807, 2.05) is 30.3 Å². The molecule has 1 atom stereocenters. The van der Waals surface area contributed by atoms with Crippen LogP contribution in [0.15, 0.2) is 54.6 Å². The van der Waals surface area contributed by atoms with Crippen LogP contribution in [0.5, 0.6) is 0 Å². The van der Waals surface area contributed by atoms with Crippen LogP contribution in [0, 0.1) is 0 Å². The predicted molar refractivity (Wildman–Crippen MR) is 93.1 cm³/mol. The summed E-state index contributed by atoms with van der Waals surface area (Å²) < 4.78 is 4.67. The lowest BCUT2D eigenvalue weighted by Gasteiger charge is -2.17. The minimum Gasteiger partial charge on any atom is -0.465 e. The number of carbonyl (C=O) groups is 3. The molecule has 1 unspecified atom stereocenters. The molecule has 2 aromatic rings. The van der Waals surface area contributed by atoms with Gasteiger partial charge >= 0.3 is 12.0 Å². The summed E-state index contributed by atoms with van der Waals surface area (Å²) in [7, 11) is 1.25. The topological polar surface area (TPSA) is 111 Å². The van der Waals surface area contributed by atoms with E-state index >= 15 is 0 Å². The molecule has 0 aromatic heterocycles. The van der Waals surface area contributed by atoms with Crippen LogP contribution in [0.25, 0.3) is 0 Å². The van der Waals surface area contributed by atoms with Gasteiger partial charge < -0.3 is 21.1 Å². The van der Waals surface area contributed by atoms with E-state index in [0.29, 0.717) is 0 Å². The fourth-order valence-corrected chi connectivity index (χ4v) is 2.27. The largest absolute Gasteiger partial charge is 0.465 e. The summed E-state index contributed by atoms with van der Waals surface area (Å²) in [6.45, 7) is 0. The van der Waals surface area contributed by atoms with Crippen LogP contribution in [0.1, 0.15) is 15.9 Å². The van der Waals surface area contributed by atoms with Crippen molar-refractivity contribution >= 4 is 23.6 Å². The summed E-state index contributed by atoms with van der Waals surface area (Å²) >= 11 is 0. The van der Waals surface area contributed by atoms with E-state index in [0.717, 1.165) is 5.56 Å². The van der Waals surface area contributed by atoms with E-state index in [1.165, 1.54) is 13.2 Å². The SMILES string of the molecule is COC(=O)c1ccccc1NC(=O)NC(Cc1ccccc1)C(N)=O. The molecule has 0 bridgehead atoms. The number of nitrogens with one attached hydrogen (secondary N) is 2. The lowest BCUT2D eigenvalue weighted by molar-refractivity contribution is -0.119. The summed E-state index contributed by atoms with van der Waals surface area (Å²) in [6.07, 6.45) is 0.266. The summed E-state index contributed by atoms with van der Waals surface area (Å²) in [4.78, 5) is 35.5. The first-order valence-corrected chi connectivity index (χ1v) is 7.59. The second-order valence-corrected chi connectivity index (χ2v) is 5.28. The minimum absolute atomic E-state index is 0.207. The number of benzene rings is 2. The third-order valence-corrected chi connectivity index (χ3v) is 3.51. The average molecular weight is 341 g/mol. The van der Waals surface area contributed by atoms with E-state index in [4.69, 9.17) is 5.73 Å². The highest BCUT2D eigenvalue weighted by Gasteiger charge is 2.20. The van der Waals surface area contributed by atoms with Gasteiger partial charge in [0.15, 0.2) is 0 Å². The molecule has 0 spiro atoms. The van der Waals surface area contributed by atoms with Gasteiger partial charge in [0.1, 0.15) is 6.04 Å². The number of anilines is 1. The van der Waals surface area contributed by atoms with Crippen LogP contribution < -0.4 is 16.4 Å². The molecule has 0 radical (unpaired) electrons. The molecule has 0 saturated carbocycles.